The highest BCUT2D eigenvalue weighted by Gasteiger charge is 2.57. The highest BCUT2D eigenvalue weighted by atomic mass is 31.2. The van der Waals surface area contributed by atoms with Gasteiger partial charge in [0.05, 0.1) is 38.6 Å². The van der Waals surface area contributed by atoms with Gasteiger partial charge in [-0.2, -0.15) is 0 Å². The second-order valence-corrected chi connectivity index (χ2v) is 8.95. The summed E-state index contributed by atoms with van der Waals surface area (Å²) in [6.45, 7) is 7.85. The van der Waals surface area contributed by atoms with E-state index in [0.717, 1.165) is 5.57 Å². The normalized spacial score (nSPS) is 24.9. The maximum atomic E-state index is 13.2. The Morgan fingerprint density at radius 3 is 2.00 bits per heavy atom. The molecule has 7 nitrogen and oxygen atoms in total. The Bertz CT molecular complexity index is 669. The number of hydrogen-bond donors (Lipinski definition) is 0. The summed E-state index contributed by atoms with van der Waals surface area (Å²) in [6.07, 6.45) is 0. The van der Waals surface area contributed by atoms with Crippen LogP contribution in [0.4, 0.5) is 0 Å². The van der Waals surface area contributed by atoms with E-state index >= 15 is 0 Å². The van der Waals surface area contributed by atoms with Crippen molar-refractivity contribution in [2.75, 3.05) is 27.4 Å². The van der Waals surface area contributed by atoms with E-state index in [0.29, 0.717) is 5.57 Å². The Morgan fingerprint density at radius 2 is 1.58 bits per heavy atom. The van der Waals surface area contributed by atoms with Gasteiger partial charge in [0.15, 0.2) is 0 Å². The van der Waals surface area contributed by atoms with Gasteiger partial charge in [0, 0.05) is 5.41 Å². The topological polar surface area (TPSA) is 88.1 Å². The first-order valence-corrected chi connectivity index (χ1v) is 9.16. The lowest BCUT2D eigenvalue weighted by Gasteiger charge is -2.42. The van der Waals surface area contributed by atoms with Crippen molar-refractivity contribution in [1.82, 2.24) is 0 Å². The zero-order valence-corrected chi connectivity index (χ0v) is 15.7. The largest absolute Gasteiger partial charge is 0.466 e. The van der Waals surface area contributed by atoms with Gasteiger partial charge in [-0.3, -0.25) is 4.57 Å². The Kier molecular flexibility index (Phi) is 5.09. The fourth-order valence-corrected chi connectivity index (χ4v) is 5.41. The van der Waals surface area contributed by atoms with Gasteiger partial charge in [-0.05, 0) is 19.4 Å². The molecule has 24 heavy (non-hydrogen) atoms. The minimum absolute atomic E-state index is 0.0106. The molecule has 0 aromatic carbocycles. The summed E-state index contributed by atoms with van der Waals surface area (Å²) in [6, 6.07) is 0. The summed E-state index contributed by atoms with van der Waals surface area (Å²) in [4.78, 5) is 24.3. The third kappa shape index (κ3) is 3.08. The van der Waals surface area contributed by atoms with Gasteiger partial charge in [-0.25, -0.2) is 9.59 Å². The van der Waals surface area contributed by atoms with E-state index in [9.17, 15) is 14.2 Å². The molecule has 0 unspecified atom stereocenters. The molecule has 0 bridgehead atoms. The van der Waals surface area contributed by atoms with Crippen LogP contribution in [-0.2, 0) is 32.7 Å². The van der Waals surface area contributed by atoms with Crippen molar-refractivity contribution in [3.05, 3.63) is 22.3 Å². The fraction of sp³-hybridized carbons (Fsp3) is 0.625. The van der Waals surface area contributed by atoms with Gasteiger partial charge < -0.3 is 18.5 Å². The molecule has 1 saturated heterocycles. The van der Waals surface area contributed by atoms with Gasteiger partial charge >= 0.3 is 19.5 Å². The fourth-order valence-electron chi connectivity index (χ4n) is 2.73. The molecule has 2 aliphatic rings. The quantitative estimate of drug-likeness (QED) is 0.566. The third-order valence-electron chi connectivity index (χ3n) is 4.01. The van der Waals surface area contributed by atoms with Crippen molar-refractivity contribution >= 4 is 19.5 Å². The molecule has 0 N–H and O–H groups in total. The predicted molar refractivity (Wildman–Crippen MR) is 86.5 cm³/mol. The van der Waals surface area contributed by atoms with Crippen LogP contribution in [-0.4, -0.2) is 45.0 Å². The van der Waals surface area contributed by atoms with E-state index in [1.807, 2.05) is 13.8 Å². The molecule has 2 rings (SSSR count). The summed E-state index contributed by atoms with van der Waals surface area (Å²) in [5.41, 5.74) is 0.0688. The van der Waals surface area contributed by atoms with E-state index in [1.165, 1.54) is 14.2 Å². The smallest absolute Gasteiger partial charge is 0.342 e. The SMILES string of the molecule is COC(=O)C1=C(C(=O)OC)[C@H](P2(=O)OCC(C)(C)CO2)C1=C(C)C. The van der Waals surface area contributed by atoms with E-state index in [4.69, 9.17) is 18.5 Å². The molecule has 8 heteroatoms. The second-order valence-electron chi connectivity index (χ2n) is 6.84. The summed E-state index contributed by atoms with van der Waals surface area (Å²) >= 11 is 0. The number of allylic oxidation sites excluding steroid dienone is 1. The number of ether oxygens (including phenoxy) is 2. The number of carbonyl (C=O) groups is 2. The molecular weight excluding hydrogens is 335 g/mol. The molecule has 0 amide bonds. The molecule has 0 aromatic heterocycles. The molecule has 1 aliphatic carbocycles. The number of methoxy groups -OCH3 is 2. The van der Waals surface area contributed by atoms with Crippen LogP contribution in [0.2, 0.25) is 0 Å². The van der Waals surface area contributed by atoms with Crippen molar-refractivity contribution in [3.8, 4) is 0 Å². The third-order valence-corrected chi connectivity index (χ3v) is 6.13. The van der Waals surface area contributed by atoms with Crippen molar-refractivity contribution in [1.29, 1.82) is 0 Å². The molecule has 0 aromatic rings. The monoisotopic (exact) mass is 358 g/mol. The lowest BCUT2D eigenvalue weighted by molar-refractivity contribution is -0.139. The minimum Gasteiger partial charge on any atom is -0.466 e. The first-order chi connectivity index (χ1) is 11.1. The summed E-state index contributed by atoms with van der Waals surface area (Å²) in [5, 5.41) is 0. The standard InChI is InChI=1S/C16H23O7P/c1-9(2)10-11(14(17)20-5)12(15(18)21-6)13(10)24(19)22-7-16(3,4)8-23-24/h13H,7-8H2,1-6H3/t13-/m1/s1. The van der Waals surface area contributed by atoms with Crippen molar-refractivity contribution in [2.24, 2.45) is 5.41 Å². The molecule has 0 radical (unpaired) electrons. The van der Waals surface area contributed by atoms with Crippen molar-refractivity contribution in [3.63, 3.8) is 0 Å². The highest BCUT2D eigenvalue weighted by molar-refractivity contribution is 7.55. The minimum atomic E-state index is -3.64. The lowest BCUT2D eigenvalue weighted by atomic mass is 9.79. The van der Waals surface area contributed by atoms with Crippen molar-refractivity contribution < 1.29 is 32.7 Å². The summed E-state index contributed by atoms with van der Waals surface area (Å²) in [5.74, 6) is -1.41. The Hall–Kier alpha value is -1.43. The van der Waals surface area contributed by atoms with Gasteiger partial charge in [0.2, 0.25) is 0 Å². The van der Waals surface area contributed by atoms with E-state index in [2.05, 4.69) is 0 Å². The molecule has 0 spiro atoms. The Balaban J connectivity index is 2.54. The average Bonchev–Trinajstić information content (AvgIpc) is 2.49. The van der Waals surface area contributed by atoms with E-state index in [-0.39, 0.29) is 29.8 Å². The van der Waals surface area contributed by atoms with Crippen LogP contribution >= 0.6 is 7.60 Å². The lowest BCUT2D eigenvalue weighted by Crippen LogP contribution is -2.41. The average molecular weight is 358 g/mol. The maximum Gasteiger partial charge on any atom is 0.342 e. The van der Waals surface area contributed by atoms with Crippen LogP contribution in [0.25, 0.3) is 0 Å². The molecule has 1 atom stereocenters. The zero-order valence-electron chi connectivity index (χ0n) is 14.8. The van der Waals surface area contributed by atoms with Crippen LogP contribution < -0.4 is 0 Å². The Morgan fingerprint density at radius 1 is 1.08 bits per heavy atom. The molecule has 1 aliphatic heterocycles. The molecule has 1 fully saturated rings. The van der Waals surface area contributed by atoms with E-state index in [1.54, 1.807) is 13.8 Å². The summed E-state index contributed by atoms with van der Waals surface area (Å²) in [7, 11) is -1.22. The van der Waals surface area contributed by atoms with Crippen LogP contribution in [0.3, 0.4) is 0 Å². The van der Waals surface area contributed by atoms with Crippen LogP contribution in [0, 0.1) is 5.41 Å². The number of rotatable bonds is 3. The summed E-state index contributed by atoms with van der Waals surface area (Å²) < 4.78 is 33.9. The van der Waals surface area contributed by atoms with Crippen LogP contribution in [0.1, 0.15) is 27.7 Å². The molecule has 0 saturated carbocycles. The number of hydrogen-bond acceptors (Lipinski definition) is 7. The number of esters is 2. The van der Waals surface area contributed by atoms with Gasteiger partial charge in [0.1, 0.15) is 5.66 Å². The van der Waals surface area contributed by atoms with Crippen molar-refractivity contribution in [2.45, 2.75) is 33.4 Å². The predicted octanol–water partition coefficient (Wildman–Crippen LogP) is 2.61. The first-order valence-electron chi connectivity index (χ1n) is 7.55. The van der Waals surface area contributed by atoms with E-state index < -0.39 is 25.2 Å². The Labute approximate surface area is 141 Å². The zero-order chi connectivity index (χ0) is 18.3. The van der Waals surface area contributed by atoms with Crippen LogP contribution in [0.15, 0.2) is 22.3 Å². The molecule has 1 heterocycles. The molecular formula is C16H23O7P. The van der Waals surface area contributed by atoms with Gasteiger partial charge in [-0.15, -0.1) is 0 Å². The maximum absolute atomic E-state index is 13.2. The van der Waals surface area contributed by atoms with Gasteiger partial charge in [0.25, 0.3) is 0 Å². The molecule has 134 valence electrons. The van der Waals surface area contributed by atoms with Gasteiger partial charge in [-0.1, -0.05) is 19.4 Å². The van der Waals surface area contributed by atoms with Crippen LogP contribution in [0.5, 0.6) is 0 Å². The highest BCUT2D eigenvalue weighted by Crippen LogP contribution is 2.66. The first kappa shape index (κ1) is 18.9. The second kappa shape index (κ2) is 6.47. The number of carbonyl (C=O) groups excluding carboxylic acids is 2.